The lowest BCUT2D eigenvalue weighted by atomic mass is 9.94. The molecule has 2 aliphatic heterocycles. The second-order valence-electron chi connectivity index (χ2n) is 12.2. The van der Waals surface area contributed by atoms with E-state index in [-0.39, 0.29) is 18.2 Å². The van der Waals surface area contributed by atoms with E-state index in [2.05, 4.69) is 17.6 Å². The number of ether oxygens (including phenoxy) is 1. The van der Waals surface area contributed by atoms with Gasteiger partial charge in [0.15, 0.2) is 6.10 Å². The maximum absolute atomic E-state index is 14.0. The summed E-state index contributed by atoms with van der Waals surface area (Å²) in [5.41, 5.74) is 0.863. The second-order valence-corrected chi connectivity index (χ2v) is 12.2. The average molecular weight is 599 g/mol. The molecule has 10 heteroatoms. The van der Waals surface area contributed by atoms with Crippen LogP contribution in [0.2, 0.25) is 0 Å². The van der Waals surface area contributed by atoms with Crippen LogP contribution < -0.4 is 10.6 Å². The smallest absolute Gasteiger partial charge is 0.311 e. The summed E-state index contributed by atoms with van der Waals surface area (Å²) in [4.78, 5) is 71.4. The topological polar surface area (TPSA) is 125 Å². The van der Waals surface area contributed by atoms with E-state index < -0.39 is 59.9 Å². The Labute approximate surface area is 256 Å². The Morgan fingerprint density at radius 2 is 1.65 bits per heavy atom. The number of fused-ring (bicyclic) bond motifs is 1. The van der Waals surface area contributed by atoms with Crippen LogP contribution in [0.15, 0.2) is 30.3 Å². The normalized spacial score (nSPS) is 28.7. The zero-order valence-corrected chi connectivity index (χ0v) is 26.6. The van der Waals surface area contributed by atoms with Gasteiger partial charge >= 0.3 is 5.97 Å². The summed E-state index contributed by atoms with van der Waals surface area (Å²) in [7, 11) is 1.57. The van der Waals surface area contributed by atoms with Gasteiger partial charge in [0.1, 0.15) is 18.1 Å². The number of esters is 1. The van der Waals surface area contributed by atoms with Crippen molar-refractivity contribution in [2.45, 2.75) is 116 Å². The standard InChI is InChI=1S/C33H50N4O6/c1-7-9-11-17-25-22(4)33(42)43-28(21(3)8-2)32(41)37-19-14-18-26(37)31(40)36(6)27(20-24-15-12-10-13-16-24)30(39)34-23(5)29(38)35-25/h10,12-13,15-16,21-23,25-28H,7-9,11,14,17-20H2,1-6H3,(H,34,39)(H,35,38)/t21-,22+,23-,25+,26-,27-,28-/m0/s1. The first kappa shape index (κ1) is 34.1. The Morgan fingerprint density at radius 3 is 2.30 bits per heavy atom. The van der Waals surface area contributed by atoms with Crippen LogP contribution in [0.3, 0.4) is 0 Å². The van der Waals surface area contributed by atoms with Crippen LogP contribution in [-0.2, 0) is 35.1 Å². The SMILES string of the molecule is CCCCC[C@H]1NC(=O)[C@H](C)NC(=O)[C@H](Cc2ccccc2)N(C)C(=O)[C@@H]2CCCN2C(=O)[C@H]([C@@H](C)CC)OC(=O)[C@@H]1C. The molecule has 1 aromatic carbocycles. The fourth-order valence-corrected chi connectivity index (χ4v) is 5.85. The van der Waals surface area contributed by atoms with Gasteiger partial charge in [-0.2, -0.15) is 0 Å². The van der Waals surface area contributed by atoms with Gasteiger partial charge in [0.2, 0.25) is 17.7 Å². The molecule has 43 heavy (non-hydrogen) atoms. The van der Waals surface area contributed by atoms with Crippen molar-refractivity contribution in [3.05, 3.63) is 35.9 Å². The molecule has 2 saturated heterocycles. The van der Waals surface area contributed by atoms with Crippen molar-refractivity contribution >= 4 is 29.6 Å². The van der Waals surface area contributed by atoms with Crippen molar-refractivity contribution < 1.29 is 28.7 Å². The number of hydrogen-bond acceptors (Lipinski definition) is 6. The van der Waals surface area contributed by atoms with Crippen molar-refractivity contribution in [1.82, 2.24) is 20.4 Å². The van der Waals surface area contributed by atoms with Crippen molar-refractivity contribution in [3.63, 3.8) is 0 Å². The summed E-state index contributed by atoms with van der Waals surface area (Å²) >= 11 is 0. The monoisotopic (exact) mass is 598 g/mol. The molecule has 2 aliphatic rings. The molecular formula is C33H50N4O6. The van der Waals surface area contributed by atoms with Crippen LogP contribution in [0.1, 0.15) is 85.1 Å². The number of likely N-dealkylation sites (N-methyl/N-ethyl adjacent to an activating group) is 1. The zero-order chi connectivity index (χ0) is 31.7. The van der Waals surface area contributed by atoms with Gasteiger partial charge < -0.3 is 25.2 Å². The number of hydrogen-bond donors (Lipinski definition) is 2. The highest BCUT2D eigenvalue weighted by Gasteiger charge is 2.44. The predicted octanol–water partition coefficient (Wildman–Crippen LogP) is 3.22. The molecule has 10 nitrogen and oxygen atoms in total. The average Bonchev–Trinajstić information content (AvgIpc) is 3.50. The highest BCUT2D eigenvalue weighted by Crippen LogP contribution is 2.26. The van der Waals surface area contributed by atoms with E-state index in [1.807, 2.05) is 44.2 Å². The van der Waals surface area contributed by atoms with Crippen LogP contribution in [0, 0.1) is 11.8 Å². The Kier molecular flexibility index (Phi) is 12.6. The van der Waals surface area contributed by atoms with E-state index in [4.69, 9.17) is 4.74 Å². The number of benzene rings is 1. The van der Waals surface area contributed by atoms with Crippen LogP contribution in [0.4, 0.5) is 0 Å². The summed E-state index contributed by atoms with van der Waals surface area (Å²) in [6, 6.07) is 6.28. The molecule has 0 radical (unpaired) electrons. The molecule has 238 valence electrons. The lowest BCUT2D eigenvalue weighted by molar-refractivity contribution is -0.169. The number of rotatable bonds is 8. The molecule has 3 rings (SSSR count). The van der Waals surface area contributed by atoms with Crippen molar-refractivity contribution in [1.29, 1.82) is 0 Å². The molecule has 0 aliphatic carbocycles. The number of cyclic esters (lactones) is 1. The Balaban J connectivity index is 2.03. The fraction of sp³-hybridized carbons (Fsp3) is 0.667. The molecule has 2 fully saturated rings. The quantitative estimate of drug-likeness (QED) is 0.350. The van der Waals surface area contributed by atoms with Crippen molar-refractivity contribution in [2.75, 3.05) is 13.6 Å². The highest BCUT2D eigenvalue weighted by atomic mass is 16.5. The Hall–Kier alpha value is -3.43. The van der Waals surface area contributed by atoms with Gasteiger partial charge in [-0.05, 0) is 45.1 Å². The summed E-state index contributed by atoms with van der Waals surface area (Å²) < 4.78 is 5.94. The summed E-state index contributed by atoms with van der Waals surface area (Å²) in [5.74, 6) is -3.19. The third-order valence-electron chi connectivity index (χ3n) is 9.03. The van der Waals surface area contributed by atoms with Gasteiger partial charge in [-0.15, -0.1) is 0 Å². The van der Waals surface area contributed by atoms with Gasteiger partial charge in [-0.3, -0.25) is 24.0 Å². The summed E-state index contributed by atoms with van der Waals surface area (Å²) in [6.07, 6.45) is 4.12. The Morgan fingerprint density at radius 1 is 0.953 bits per heavy atom. The first-order chi connectivity index (χ1) is 20.5. The first-order valence-corrected chi connectivity index (χ1v) is 15.9. The van der Waals surface area contributed by atoms with Crippen molar-refractivity contribution in [3.8, 4) is 0 Å². The molecule has 1 aromatic rings. The summed E-state index contributed by atoms with van der Waals surface area (Å²) in [6.45, 7) is 9.54. The summed E-state index contributed by atoms with van der Waals surface area (Å²) in [5, 5.41) is 5.77. The van der Waals surface area contributed by atoms with Gasteiger partial charge in [-0.25, -0.2) is 0 Å². The lowest BCUT2D eigenvalue weighted by Crippen LogP contribution is -2.59. The number of carbonyl (C=O) groups excluding carboxylic acids is 5. The molecule has 0 aromatic heterocycles. The van der Waals surface area contributed by atoms with Crippen LogP contribution >= 0.6 is 0 Å². The number of carbonyl (C=O) groups is 5. The molecule has 0 saturated carbocycles. The second kappa shape index (κ2) is 15.9. The number of nitrogens with zero attached hydrogens (tertiary/aromatic N) is 2. The molecule has 7 atom stereocenters. The van der Waals surface area contributed by atoms with Gasteiger partial charge in [-0.1, -0.05) is 70.4 Å². The first-order valence-electron chi connectivity index (χ1n) is 15.9. The third kappa shape index (κ3) is 8.57. The van der Waals surface area contributed by atoms with E-state index in [1.54, 1.807) is 20.9 Å². The molecular weight excluding hydrogens is 548 g/mol. The maximum Gasteiger partial charge on any atom is 0.311 e. The van der Waals surface area contributed by atoms with E-state index in [9.17, 15) is 24.0 Å². The van der Waals surface area contributed by atoms with E-state index >= 15 is 0 Å². The maximum atomic E-state index is 14.0. The van der Waals surface area contributed by atoms with Crippen LogP contribution in [0.25, 0.3) is 0 Å². The molecule has 2 heterocycles. The lowest BCUT2D eigenvalue weighted by Gasteiger charge is -2.36. The number of unbranched alkanes of at least 4 members (excludes halogenated alkanes) is 2. The minimum absolute atomic E-state index is 0.244. The Bertz CT molecular complexity index is 1130. The zero-order valence-electron chi connectivity index (χ0n) is 26.6. The predicted molar refractivity (Wildman–Crippen MR) is 164 cm³/mol. The molecule has 2 N–H and O–H groups in total. The van der Waals surface area contributed by atoms with Gasteiger partial charge in [0.25, 0.3) is 5.91 Å². The minimum atomic E-state index is -1.05. The fourth-order valence-electron chi connectivity index (χ4n) is 5.85. The third-order valence-corrected chi connectivity index (χ3v) is 9.03. The van der Waals surface area contributed by atoms with Crippen molar-refractivity contribution in [2.24, 2.45) is 11.8 Å². The van der Waals surface area contributed by atoms with Gasteiger partial charge in [0, 0.05) is 32.0 Å². The van der Waals surface area contributed by atoms with Crippen LogP contribution in [0.5, 0.6) is 0 Å². The van der Waals surface area contributed by atoms with E-state index in [0.29, 0.717) is 32.2 Å². The minimum Gasteiger partial charge on any atom is -0.452 e. The van der Waals surface area contributed by atoms with E-state index in [0.717, 1.165) is 24.8 Å². The molecule has 0 bridgehead atoms. The van der Waals surface area contributed by atoms with E-state index in [1.165, 1.54) is 9.80 Å². The molecule has 0 spiro atoms. The van der Waals surface area contributed by atoms with Crippen LogP contribution in [-0.4, -0.2) is 83.3 Å². The molecule has 4 amide bonds. The van der Waals surface area contributed by atoms with Gasteiger partial charge in [0.05, 0.1) is 5.92 Å². The largest absolute Gasteiger partial charge is 0.452 e. The number of amides is 4. The molecule has 0 unspecified atom stereocenters. The highest BCUT2D eigenvalue weighted by molar-refractivity contribution is 5.95. The number of nitrogens with one attached hydrogen (secondary N) is 2.